The number of anilines is 2. The first-order valence-corrected chi connectivity index (χ1v) is 7.40. The van der Waals surface area contributed by atoms with Gasteiger partial charge in [0.25, 0.3) is 0 Å². The molecule has 2 heterocycles. The number of nitrogens with one attached hydrogen (secondary N) is 1. The molecule has 0 atom stereocenters. The normalized spacial score (nSPS) is 10.4. The lowest BCUT2D eigenvalue weighted by molar-refractivity contribution is 0.0697. The number of benzene rings is 1. The molecule has 0 radical (unpaired) electrons. The highest BCUT2D eigenvalue weighted by molar-refractivity contribution is 5.89. The van der Waals surface area contributed by atoms with E-state index >= 15 is 0 Å². The van der Waals surface area contributed by atoms with Crippen molar-refractivity contribution in [1.29, 1.82) is 0 Å². The lowest BCUT2D eigenvalue weighted by Crippen LogP contribution is -2.04. The Morgan fingerprint density at radius 1 is 1.08 bits per heavy atom. The van der Waals surface area contributed by atoms with E-state index in [0.717, 1.165) is 16.8 Å². The van der Waals surface area contributed by atoms with Crippen molar-refractivity contribution in [3.05, 3.63) is 65.6 Å². The van der Waals surface area contributed by atoms with E-state index in [2.05, 4.69) is 20.3 Å². The van der Waals surface area contributed by atoms with Crippen LogP contribution in [0.25, 0.3) is 11.4 Å². The Balaban J connectivity index is 2.00. The fourth-order valence-corrected chi connectivity index (χ4v) is 2.25. The van der Waals surface area contributed by atoms with Crippen molar-refractivity contribution >= 4 is 17.5 Å². The third-order valence-corrected chi connectivity index (χ3v) is 3.70. The van der Waals surface area contributed by atoms with Gasteiger partial charge in [-0.3, -0.25) is 4.98 Å². The molecule has 0 aliphatic heterocycles. The number of carbonyl (C=O) groups is 1. The standard InChI is InChI=1S/C18H16N4O2/c1-11-12(2)20-17(13-6-8-19-9-7-13)22-16(11)21-15-5-3-4-14(10-15)18(23)24/h3-10H,1-2H3,(H,23,24)(H,20,21,22). The molecule has 2 aromatic heterocycles. The summed E-state index contributed by atoms with van der Waals surface area (Å²) in [6.45, 7) is 3.84. The predicted molar refractivity (Wildman–Crippen MR) is 91.4 cm³/mol. The van der Waals surface area contributed by atoms with Gasteiger partial charge in [0.15, 0.2) is 5.82 Å². The van der Waals surface area contributed by atoms with E-state index in [1.54, 1.807) is 36.7 Å². The molecule has 2 N–H and O–H groups in total. The summed E-state index contributed by atoms with van der Waals surface area (Å²) in [5.74, 6) is 0.279. The Bertz CT molecular complexity index is 895. The Morgan fingerprint density at radius 3 is 2.54 bits per heavy atom. The van der Waals surface area contributed by atoms with Crippen LogP contribution in [-0.4, -0.2) is 26.0 Å². The van der Waals surface area contributed by atoms with Gasteiger partial charge in [-0.2, -0.15) is 0 Å². The molecule has 120 valence electrons. The van der Waals surface area contributed by atoms with E-state index in [1.807, 2.05) is 26.0 Å². The van der Waals surface area contributed by atoms with Crippen molar-refractivity contribution in [1.82, 2.24) is 15.0 Å². The van der Waals surface area contributed by atoms with Crippen molar-refractivity contribution in [2.45, 2.75) is 13.8 Å². The van der Waals surface area contributed by atoms with Crippen molar-refractivity contribution in [3.63, 3.8) is 0 Å². The molecule has 3 aromatic rings. The predicted octanol–water partition coefficient (Wildman–Crippen LogP) is 3.60. The molecular weight excluding hydrogens is 304 g/mol. The molecule has 0 fully saturated rings. The number of rotatable bonds is 4. The van der Waals surface area contributed by atoms with Crippen molar-refractivity contribution in [2.24, 2.45) is 0 Å². The Kier molecular flexibility index (Phi) is 4.20. The van der Waals surface area contributed by atoms with Crippen LogP contribution in [0.2, 0.25) is 0 Å². The van der Waals surface area contributed by atoms with Crippen LogP contribution in [-0.2, 0) is 0 Å². The highest BCUT2D eigenvalue weighted by Crippen LogP contribution is 2.24. The summed E-state index contributed by atoms with van der Waals surface area (Å²) < 4.78 is 0. The van der Waals surface area contributed by atoms with Crippen molar-refractivity contribution < 1.29 is 9.90 Å². The van der Waals surface area contributed by atoms with Crippen LogP contribution in [0.1, 0.15) is 21.6 Å². The fraction of sp³-hybridized carbons (Fsp3) is 0.111. The Labute approximate surface area is 139 Å². The number of aromatic carboxylic acids is 1. The van der Waals surface area contributed by atoms with Gasteiger partial charge in [0.05, 0.1) is 5.56 Å². The van der Waals surface area contributed by atoms with Crippen LogP contribution in [0.15, 0.2) is 48.8 Å². The maximum atomic E-state index is 11.1. The smallest absolute Gasteiger partial charge is 0.335 e. The number of nitrogens with zero attached hydrogens (tertiary/aromatic N) is 3. The molecule has 0 amide bonds. The molecule has 0 saturated heterocycles. The first kappa shape index (κ1) is 15.6. The average molecular weight is 320 g/mol. The number of hydrogen-bond donors (Lipinski definition) is 2. The maximum absolute atomic E-state index is 11.1. The minimum atomic E-state index is -0.966. The van der Waals surface area contributed by atoms with E-state index in [4.69, 9.17) is 5.11 Å². The Morgan fingerprint density at radius 2 is 1.83 bits per heavy atom. The lowest BCUT2D eigenvalue weighted by atomic mass is 10.2. The maximum Gasteiger partial charge on any atom is 0.335 e. The summed E-state index contributed by atoms with van der Waals surface area (Å²) in [5, 5.41) is 12.3. The topological polar surface area (TPSA) is 88.0 Å². The van der Waals surface area contributed by atoms with Crippen LogP contribution in [0.3, 0.4) is 0 Å². The molecule has 0 unspecified atom stereocenters. The lowest BCUT2D eigenvalue weighted by Gasteiger charge is -2.13. The SMILES string of the molecule is Cc1nc(-c2ccncc2)nc(Nc2cccc(C(=O)O)c2)c1C. The summed E-state index contributed by atoms with van der Waals surface area (Å²) in [6.07, 6.45) is 3.38. The van der Waals surface area contributed by atoms with Gasteiger partial charge >= 0.3 is 5.97 Å². The minimum Gasteiger partial charge on any atom is -0.478 e. The third-order valence-electron chi connectivity index (χ3n) is 3.70. The van der Waals surface area contributed by atoms with Crippen LogP contribution in [0, 0.1) is 13.8 Å². The molecule has 0 aliphatic rings. The number of aryl methyl sites for hydroxylation is 1. The zero-order valence-corrected chi connectivity index (χ0v) is 13.3. The number of carboxylic acids is 1. The highest BCUT2D eigenvalue weighted by Gasteiger charge is 2.11. The fourth-order valence-electron chi connectivity index (χ4n) is 2.25. The van der Waals surface area contributed by atoms with Gasteiger partial charge in [0.2, 0.25) is 0 Å². The van der Waals surface area contributed by atoms with Gasteiger partial charge in [0.1, 0.15) is 5.82 Å². The van der Waals surface area contributed by atoms with E-state index in [9.17, 15) is 4.79 Å². The van der Waals surface area contributed by atoms with Crippen molar-refractivity contribution in [2.75, 3.05) is 5.32 Å². The van der Waals surface area contributed by atoms with Gasteiger partial charge in [-0.1, -0.05) is 6.07 Å². The summed E-state index contributed by atoms with van der Waals surface area (Å²) in [5.41, 5.74) is 3.52. The van der Waals surface area contributed by atoms with Gasteiger partial charge in [-0.15, -0.1) is 0 Å². The average Bonchev–Trinajstić information content (AvgIpc) is 2.59. The summed E-state index contributed by atoms with van der Waals surface area (Å²) >= 11 is 0. The largest absolute Gasteiger partial charge is 0.478 e. The molecule has 3 rings (SSSR count). The number of pyridine rings is 1. The second kappa shape index (κ2) is 6.45. The summed E-state index contributed by atoms with van der Waals surface area (Å²) in [7, 11) is 0. The van der Waals surface area contributed by atoms with E-state index < -0.39 is 5.97 Å². The number of hydrogen-bond acceptors (Lipinski definition) is 5. The Hall–Kier alpha value is -3.28. The first-order chi connectivity index (χ1) is 11.5. The number of aromatic nitrogens is 3. The molecule has 1 aromatic carbocycles. The second-order valence-electron chi connectivity index (χ2n) is 5.35. The van der Waals surface area contributed by atoms with Gasteiger partial charge in [0, 0.05) is 34.9 Å². The van der Waals surface area contributed by atoms with Crippen LogP contribution >= 0.6 is 0 Å². The van der Waals surface area contributed by atoms with Gasteiger partial charge < -0.3 is 10.4 Å². The van der Waals surface area contributed by atoms with Crippen LogP contribution < -0.4 is 5.32 Å². The van der Waals surface area contributed by atoms with E-state index in [0.29, 0.717) is 17.3 Å². The molecule has 6 heteroatoms. The molecule has 0 bridgehead atoms. The third kappa shape index (κ3) is 3.22. The van der Waals surface area contributed by atoms with Crippen LogP contribution in [0.4, 0.5) is 11.5 Å². The van der Waals surface area contributed by atoms with E-state index in [-0.39, 0.29) is 5.56 Å². The molecule has 6 nitrogen and oxygen atoms in total. The number of carboxylic acid groups (broad SMARTS) is 1. The molecule has 0 aliphatic carbocycles. The molecule has 0 spiro atoms. The van der Waals surface area contributed by atoms with E-state index in [1.165, 1.54) is 0 Å². The summed E-state index contributed by atoms with van der Waals surface area (Å²) in [4.78, 5) is 24.2. The van der Waals surface area contributed by atoms with Crippen LogP contribution in [0.5, 0.6) is 0 Å². The quantitative estimate of drug-likeness (QED) is 0.763. The monoisotopic (exact) mass is 320 g/mol. The minimum absolute atomic E-state index is 0.220. The first-order valence-electron chi connectivity index (χ1n) is 7.40. The van der Waals surface area contributed by atoms with Crippen molar-refractivity contribution in [3.8, 4) is 11.4 Å². The zero-order chi connectivity index (χ0) is 17.1. The highest BCUT2D eigenvalue weighted by atomic mass is 16.4. The zero-order valence-electron chi connectivity index (χ0n) is 13.3. The second-order valence-corrected chi connectivity index (χ2v) is 5.35. The van der Waals surface area contributed by atoms with Gasteiger partial charge in [-0.25, -0.2) is 14.8 Å². The molecular formula is C18H16N4O2. The molecule has 24 heavy (non-hydrogen) atoms. The van der Waals surface area contributed by atoms with Gasteiger partial charge in [-0.05, 0) is 44.2 Å². The summed E-state index contributed by atoms with van der Waals surface area (Å²) in [6, 6.07) is 10.3. The molecule has 0 saturated carbocycles.